The summed E-state index contributed by atoms with van der Waals surface area (Å²) in [5, 5.41) is 3.56. The van der Waals surface area contributed by atoms with Gasteiger partial charge in [-0.3, -0.25) is 0 Å². The number of benzene rings is 3. The van der Waals surface area contributed by atoms with Crippen molar-refractivity contribution in [3.8, 4) is 0 Å². The minimum Gasteiger partial charge on any atom is -0.0508 e. The molecule has 146 valence electrons. The second-order valence-electron chi connectivity index (χ2n) is 5.49. The topological polar surface area (TPSA) is 0 Å². The lowest BCUT2D eigenvalue weighted by molar-refractivity contribution is 1.58. The Kier molecular flexibility index (Phi) is 9.44. The predicted octanol–water partition coefficient (Wildman–Crippen LogP) is 10.3. The molecule has 3 rings (SSSR count). The molecule has 28 heavy (non-hydrogen) atoms. The highest BCUT2D eigenvalue weighted by Crippen LogP contribution is 2.47. The minimum absolute atomic E-state index is 0.952. The Bertz CT molecular complexity index is 875. The van der Waals surface area contributed by atoms with E-state index in [9.17, 15) is 0 Å². The van der Waals surface area contributed by atoms with Crippen LogP contribution in [-0.4, -0.2) is 0 Å². The molecule has 0 aromatic heterocycles. The van der Waals surface area contributed by atoms with Crippen LogP contribution >= 0.6 is 151 Å². The quantitative estimate of drug-likeness (QED) is 0.230. The first-order valence-electron chi connectivity index (χ1n) is 7.34. The van der Waals surface area contributed by atoms with Gasteiger partial charge in [0.2, 0.25) is 0 Å². The fourth-order valence-electron chi connectivity index (χ4n) is 2.58. The standard InChI is InChI=1S/C18H6Br9P/c19-7-1-10(22)16(11(23)2-7)28(17-12(24)3-8(20)4-13(17)25)18-14(26)5-9(21)6-15(18)27/h1-6H. The van der Waals surface area contributed by atoms with Crippen molar-refractivity contribution in [2.45, 2.75) is 0 Å². The Balaban J connectivity index is 2.45. The van der Waals surface area contributed by atoms with E-state index < -0.39 is 7.92 Å². The predicted molar refractivity (Wildman–Crippen MR) is 154 cm³/mol. The van der Waals surface area contributed by atoms with Gasteiger partial charge in [0, 0.05) is 56.2 Å². The molecule has 0 spiro atoms. The van der Waals surface area contributed by atoms with Gasteiger partial charge in [-0.15, -0.1) is 0 Å². The molecule has 0 aliphatic rings. The van der Waals surface area contributed by atoms with Gasteiger partial charge in [-0.1, -0.05) is 143 Å². The van der Waals surface area contributed by atoms with Crippen LogP contribution in [0.2, 0.25) is 0 Å². The van der Waals surface area contributed by atoms with Crippen LogP contribution in [0.4, 0.5) is 0 Å². The first kappa shape index (κ1) is 25.0. The third-order valence-corrected chi connectivity index (χ3v) is 13.4. The van der Waals surface area contributed by atoms with Crippen molar-refractivity contribution in [1.82, 2.24) is 0 Å². The molecule has 0 aliphatic heterocycles. The third-order valence-electron chi connectivity index (χ3n) is 3.62. The highest BCUT2D eigenvalue weighted by atomic mass is 79.9. The number of halogens is 9. The smallest absolute Gasteiger partial charge is 0.0281 e. The Labute approximate surface area is 240 Å². The molecule has 0 saturated carbocycles. The maximum atomic E-state index is 3.80. The number of hydrogen-bond acceptors (Lipinski definition) is 0. The molecule has 3 aromatic rings. The van der Waals surface area contributed by atoms with Crippen molar-refractivity contribution in [3.63, 3.8) is 0 Å². The summed E-state index contributed by atoms with van der Waals surface area (Å²) in [5.74, 6) is 0. The normalized spacial score (nSPS) is 11.4. The second kappa shape index (κ2) is 10.6. The lowest BCUT2D eigenvalue weighted by Crippen LogP contribution is -2.26. The van der Waals surface area contributed by atoms with Gasteiger partial charge in [0.15, 0.2) is 0 Å². The minimum atomic E-state index is -0.952. The first-order chi connectivity index (χ1) is 13.1. The van der Waals surface area contributed by atoms with Gasteiger partial charge < -0.3 is 0 Å². The van der Waals surface area contributed by atoms with Crippen molar-refractivity contribution in [2.75, 3.05) is 0 Å². The number of rotatable bonds is 3. The van der Waals surface area contributed by atoms with Gasteiger partial charge in [-0.25, -0.2) is 0 Å². The molecule has 0 nitrogen and oxygen atoms in total. The third kappa shape index (κ3) is 5.48. The zero-order chi connectivity index (χ0) is 20.7. The lowest BCUT2D eigenvalue weighted by atomic mass is 10.3. The maximum absolute atomic E-state index is 3.80. The molecule has 0 bridgehead atoms. The van der Waals surface area contributed by atoms with Crippen molar-refractivity contribution in [1.29, 1.82) is 0 Å². The summed E-state index contributed by atoms with van der Waals surface area (Å²) in [4.78, 5) is 0. The van der Waals surface area contributed by atoms with Crippen LogP contribution in [0.1, 0.15) is 0 Å². The average Bonchev–Trinajstić information content (AvgIpc) is 2.51. The first-order valence-corrected chi connectivity index (χ1v) is 15.8. The summed E-state index contributed by atoms with van der Waals surface area (Å²) >= 11 is 33.5. The molecule has 3 aromatic carbocycles. The van der Waals surface area contributed by atoms with E-state index in [4.69, 9.17) is 0 Å². The van der Waals surface area contributed by atoms with E-state index >= 15 is 0 Å². The molecule has 0 saturated heterocycles. The van der Waals surface area contributed by atoms with Crippen LogP contribution in [0, 0.1) is 0 Å². The molecule has 0 fully saturated rings. The molecule has 0 heterocycles. The van der Waals surface area contributed by atoms with Crippen molar-refractivity contribution < 1.29 is 0 Å². The molecule has 0 unspecified atom stereocenters. The zero-order valence-corrected chi connectivity index (χ0v) is 28.5. The molecule has 0 N–H and O–H groups in total. The molecule has 0 aliphatic carbocycles. The lowest BCUT2D eigenvalue weighted by Gasteiger charge is -2.26. The highest BCUT2D eigenvalue weighted by Gasteiger charge is 2.29. The monoisotopic (exact) mass is 963 g/mol. The largest absolute Gasteiger partial charge is 0.0508 e. The maximum Gasteiger partial charge on any atom is 0.0281 e. The summed E-state index contributed by atoms with van der Waals surface area (Å²) in [5.41, 5.74) is 0. The van der Waals surface area contributed by atoms with Gasteiger partial charge in [-0.2, -0.15) is 0 Å². The van der Waals surface area contributed by atoms with Crippen LogP contribution < -0.4 is 15.9 Å². The van der Waals surface area contributed by atoms with E-state index in [1.165, 1.54) is 15.9 Å². The fourth-order valence-corrected chi connectivity index (χ4v) is 14.9. The molecule has 0 amide bonds. The van der Waals surface area contributed by atoms with Crippen LogP contribution in [0.15, 0.2) is 76.7 Å². The van der Waals surface area contributed by atoms with E-state index in [0.717, 1.165) is 40.3 Å². The van der Waals surface area contributed by atoms with E-state index in [1.54, 1.807) is 0 Å². The highest BCUT2D eigenvalue weighted by molar-refractivity contribution is 9.13. The summed E-state index contributed by atoms with van der Waals surface area (Å²) in [7, 11) is -0.952. The molecule has 0 radical (unpaired) electrons. The van der Waals surface area contributed by atoms with E-state index in [-0.39, 0.29) is 0 Å². The van der Waals surface area contributed by atoms with E-state index in [2.05, 4.69) is 180 Å². The fraction of sp³-hybridized carbons (Fsp3) is 0. The van der Waals surface area contributed by atoms with Crippen LogP contribution in [0.5, 0.6) is 0 Å². The Morgan fingerprint density at radius 2 is 0.536 bits per heavy atom. The van der Waals surface area contributed by atoms with Gasteiger partial charge in [0.1, 0.15) is 0 Å². The Morgan fingerprint density at radius 3 is 0.714 bits per heavy atom. The second-order valence-corrected chi connectivity index (χ2v) is 15.4. The van der Waals surface area contributed by atoms with Crippen molar-refractivity contribution in [2.24, 2.45) is 0 Å². The van der Waals surface area contributed by atoms with Gasteiger partial charge in [-0.05, 0) is 44.3 Å². The van der Waals surface area contributed by atoms with E-state index in [0.29, 0.717) is 0 Å². The zero-order valence-electron chi connectivity index (χ0n) is 13.3. The average molecular weight is 972 g/mol. The van der Waals surface area contributed by atoms with Gasteiger partial charge >= 0.3 is 0 Å². The van der Waals surface area contributed by atoms with E-state index in [1.807, 2.05) is 0 Å². The van der Waals surface area contributed by atoms with Gasteiger partial charge in [0.25, 0.3) is 0 Å². The molecule has 0 atom stereocenters. The molecular formula is C18H6Br9P. The molecule has 10 heteroatoms. The SMILES string of the molecule is Brc1cc(Br)c(P(c2c(Br)cc(Br)cc2Br)c2c(Br)cc(Br)cc2Br)c(Br)c1. The number of hydrogen-bond donors (Lipinski definition) is 0. The van der Waals surface area contributed by atoms with Crippen molar-refractivity contribution >= 4 is 167 Å². The molecular weight excluding hydrogens is 966 g/mol. The summed E-state index contributed by atoms with van der Waals surface area (Å²) < 4.78 is 9.21. The summed E-state index contributed by atoms with van der Waals surface area (Å²) in [6.07, 6.45) is 0. The van der Waals surface area contributed by atoms with Crippen LogP contribution in [0.3, 0.4) is 0 Å². The Hall–Kier alpha value is 2.41. The summed E-state index contributed by atoms with van der Waals surface area (Å²) in [6.45, 7) is 0. The van der Waals surface area contributed by atoms with Crippen molar-refractivity contribution in [3.05, 3.63) is 76.7 Å². The van der Waals surface area contributed by atoms with Crippen LogP contribution in [0.25, 0.3) is 0 Å². The Morgan fingerprint density at radius 1 is 0.357 bits per heavy atom. The summed E-state index contributed by atoms with van der Waals surface area (Å²) in [6, 6.07) is 12.5. The van der Waals surface area contributed by atoms with Crippen LogP contribution in [-0.2, 0) is 0 Å². The van der Waals surface area contributed by atoms with Gasteiger partial charge in [0.05, 0.1) is 0 Å².